The number of thiazole rings is 1. The van der Waals surface area contributed by atoms with Crippen LogP contribution in [-0.2, 0) is 4.74 Å². The Labute approximate surface area is 143 Å². The fourth-order valence-electron chi connectivity index (χ4n) is 2.18. The molecule has 3 aromatic rings. The number of aromatic nitrogens is 3. The molecule has 3 rings (SSSR count). The Morgan fingerprint density at radius 1 is 1.29 bits per heavy atom. The Balaban J connectivity index is 1.87. The summed E-state index contributed by atoms with van der Waals surface area (Å²) in [5, 5.41) is 3.12. The van der Waals surface area contributed by atoms with Crippen molar-refractivity contribution < 1.29 is 9.53 Å². The number of carbonyl (C=O) groups excluding carboxylic acids is 1. The van der Waals surface area contributed by atoms with E-state index < -0.39 is 11.7 Å². The van der Waals surface area contributed by atoms with E-state index in [0.29, 0.717) is 10.8 Å². The SMILES string of the molecule is Cc1ccncc1-c1cnc2nc(NC(=O)OC(C)(C)C)sc2c1. The van der Waals surface area contributed by atoms with Crippen molar-refractivity contribution in [2.75, 3.05) is 5.32 Å². The molecule has 3 heterocycles. The van der Waals surface area contributed by atoms with Gasteiger partial charge in [0.2, 0.25) is 0 Å². The molecule has 0 bridgehead atoms. The van der Waals surface area contributed by atoms with Gasteiger partial charge in [-0.05, 0) is 45.4 Å². The smallest absolute Gasteiger partial charge is 0.413 e. The number of rotatable bonds is 2. The van der Waals surface area contributed by atoms with E-state index in [9.17, 15) is 4.79 Å². The van der Waals surface area contributed by atoms with Gasteiger partial charge in [0, 0.05) is 29.7 Å². The van der Waals surface area contributed by atoms with E-state index in [-0.39, 0.29) is 0 Å². The quantitative estimate of drug-likeness (QED) is 0.746. The molecule has 7 heteroatoms. The monoisotopic (exact) mass is 342 g/mol. The van der Waals surface area contributed by atoms with Crippen LogP contribution in [0.2, 0.25) is 0 Å². The van der Waals surface area contributed by atoms with Crippen LogP contribution in [0.5, 0.6) is 0 Å². The molecule has 1 amide bonds. The molecule has 0 radical (unpaired) electrons. The zero-order valence-electron chi connectivity index (χ0n) is 14.0. The predicted octanol–water partition coefficient (Wildman–Crippen LogP) is 4.41. The summed E-state index contributed by atoms with van der Waals surface area (Å²) in [6, 6.07) is 3.96. The highest BCUT2D eigenvalue weighted by Gasteiger charge is 2.18. The second-order valence-electron chi connectivity index (χ2n) is 6.38. The first-order valence-corrected chi connectivity index (χ1v) is 8.31. The van der Waals surface area contributed by atoms with Crippen molar-refractivity contribution in [3.05, 3.63) is 36.3 Å². The highest BCUT2D eigenvalue weighted by molar-refractivity contribution is 7.22. The van der Waals surface area contributed by atoms with Gasteiger partial charge in [-0.25, -0.2) is 9.78 Å². The first kappa shape index (κ1) is 16.3. The molecule has 0 atom stereocenters. The number of ether oxygens (including phenoxy) is 1. The predicted molar refractivity (Wildman–Crippen MR) is 95.2 cm³/mol. The Morgan fingerprint density at radius 3 is 2.79 bits per heavy atom. The Morgan fingerprint density at radius 2 is 2.08 bits per heavy atom. The average molecular weight is 342 g/mol. The number of aryl methyl sites for hydroxylation is 1. The number of nitrogens with one attached hydrogen (secondary N) is 1. The maximum Gasteiger partial charge on any atom is 0.413 e. The number of amides is 1. The molecule has 0 aromatic carbocycles. The van der Waals surface area contributed by atoms with Gasteiger partial charge >= 0.3 is 6.09 Å². The van der Waals surface area contributed by atoms with Gasteiger partial charge in [0.15, 0.2) is 10.8 Å². The largest absolute Gasteiger partial charge is 0.444 e. The highest BCUT2D eigenvalue weighted by Crippen LogP contribution is 2.30. The van der Waals surface area contributed by atoms with Gasteiger partial charge in [-0.1, -0.05) is 11.3 Å². The van der Waals surface area contributed by atoms with E-state index in [1.807, 2.05) is 46.0 Å². The third-order valence-corrected chi connectivity index (χ3v) is 4.11. The number of hydrogen-bond donors (Lipinski definition) is 1. The summed E-state index contributed by atoms with van der Waals surface area (Å²) in [4.78, 5) is 24.7. The number of anilines is 1. The van der Waals surface area contributed by atoms with Crippen molar-refractivity contribution in [3.63, 3.8) is 0 Å². The van der Waals surface area contributed by atoms with Gasteiger partial charge < -0.3 is 4.74 Å². The average Bonchev–Trinajstić information content (AvgIpc) is 2.86. The Bertz CT molecular complexity index is 899. The van der Waals surface area contributed by atoms with E-state index in [0.717, 1.165) is 21.4 Å². The van der Waals surface area contributed by atoms with Crippen LogP contribution in [0, 0.1) is 6.92 Å². The van der Waals surface area contributed by atoms with Crippen LogP contribution < -0.4 is 5.32 Å². The first-order valence-electron chi connectivity index (χ1n) is 7.49. The molecule has 0 aliphatic rings. The van der Waals surface area contributed by atoms with Crippen LogP contribution in [0.1, 0.15) is 26.3 Å². The lowest BCUT2D eigenvalue weighted by molar-refractivity contribution is 0.0636. The normalized spacial score (nSPS) is 11.5. The molecule has 24 heavy (non-hydrogen) atoms. The number of carbonyl (C=O) groups is 1. The molecular weight excluding hydrogens is 324 g/mol. The standard InChI is InChI=1S/C17H18N4O2S/c1-10-5-6-18-9-12(10)11-7-13-14(19-8-11)20-15(24-13)21-16(22)23-17(2,3)4/h5-9H,1-4H3,(H,19,20,21,22). The summed E-state index contributed by atoms with van der Waals surface area (Å²) in [6.45, 7) is 7.47. The molecule has 6 nitrogen and oxygen atoms in total. The molecule has 0 aliphatic heterocycles. The summed E-state index contributed by atoms with van der Waals surface area (Å²) >= 11 is 1.36. The topological polar surface area (TPSA) is 77.0 Å². The summed E-state index contributed by atoms with van der Waals surface area (Å²) in [5.74, 6) is 0. The molecule has 0 saturated carbocycles. The fourth-order valence-corrected chi connectivity index (χ4v) is 3.03. The van der Waals surface area contributed by atoms with Crippen molar-refractivity contribution in [3.8, 4) is 11.1 Å². The summed E-state index contributed by atoms with van der Waals surface area (Å²) in [7, 11) is 0. The summed E-state index contributed by atoms with van der Waals surface area (Å²) < 4.78 is 6.12. The van der Waals surface area contributed by atoms with E-state index in [4.69, 9.17) is 4.74 Å². The lowest BCUT2D eigenvalue weighted by Gasteiger charge is -2.18. The lowest BCUT2D eigenvalue weighted by atomic mass is 10.1. The third kappa shape index (κ3) is 3.68. The first-order chi connectivity index (χ1) is 11.3. The number of nitrogens with zero attached hydrogens (tertiary/aromatic N) is 3. The van der Waals surface area contributed by atoms with Crippen LogP contribution in [0.15, 0.2) is 30.7 Å². The molecular formula is C17H18N4O2S. The Kier molecular flexibility index (Phi) is 4.19. The molecule has 124 valence electrons. The van der Waals surface area contributed by atoms with Gasteiger partial charge in [-0.3, -0.25) is 10.3 Å². The van der Waals surface area contributed by atoms with Crippen LogP contribution in [0.4, 0.5) is 9.93 Å². The summed E-state index contributed by atoms with van der Waals surface area (Å²) in [6.07, 6.45) is 4.83. The van der Waals surface area contributed by atoms with Crippen molar-refractivity contribution >= 4 is 32.9 Å². The van der Waals surface area contributed by atoms with E-state index in [1.54, 1.807) is 12.4 Å². The van der Waals surface area contributed by atoms with Gasteiger partial charge in [0.05, 0.1) is 4.70 Å². The van der Waals surface area contributed by atoms with Crippen molar-refractivity contribution in [1.82, 2.24) is 15.0 Å². The molecule has 3 aromatic heterocycles. The van der Waals surface area contributed by atoms with Gasteiger partial charge in [0.1, 0.15) is 5.60 Å². The van der Waals surface area contributed by atoms with Gasteiger partial charge in [-0.15, -0.1) is 0 Å². The molecule has 0 fully saturated rings. The van der Waals surface area contributed by atoms with E-state index in [2.05, 4.69) is 20.3 Å². The highest BCUT2D eigenvalue weighted by atomic mass is 32.1. The zero-order valence-corrected chi connectivity index (χ0v) is 14.8. The van der Waals surface area contributed by atoms with Crippen molar-refractivity contribution in [2.24, 2.45) is 0 Å². The second kappa shape index (κ2) is 6.16. The maximum atomic E-state index is 11.8. The summed E-state index contributed by atoms with van der Waals surface area (Å²) in [5.41, 5.74) is 3.17. The van der Waals surface area contributed by atoms with Crippen molar-refractivity contribution in [1.29, 1.82) is 0 Å². The fraction of sp³-hybridized carbons (Fsp3) is 0.294. The Hall–Kier alpha value is -2.54. The zero-order chi connectivity index (χ0) is 17.3. The number of hydrogen-bond acceptors (Lipinski definition) is 6. The maximum absolute atomic E-state index is 11.8. The second-order valence-corrected chi connectivity index (χ2v) is 7.41. The van der Waals surface area contributed by atoms with Crippen LogP contribution >= 0.6 is 11.3 Å². The van der Waals surface area contributed by atoms with E-state index in [1.165, 1.54) is 11.3 Å². The van der Waals surface area contributed by atoms with Crippen LogP contribution in [0.3, 0.4) is 0 Å². The van der Waals surface area contributed by atoms with E-state index >= 15 is 0 Å². The molecule has 0 saturated heterocycles. The van der Waals surface area contributed by atoms with Gasteiger partial charge in [0.25, 0.3) is 0 Å². The molecule has 1 N–H and O–H groups in total. The lowest BCUT2D eigenvalue weighted by Crippen LogP contribution is -2.27. The molecule has 0 aliphatic carbocycles. The van der Waals surface area contributed by atoms with Crippen molar-refractivity contribution in [2.45, 2.75) is 33.3 Å². The van der Waals surface area contributed by atoms with Crippen LogP contribution in [-0.4, -0.2) is 26.6 Å². The van der Waals surface area contributed by atoms with Crippen LogP contribution in [0.25, 0.3) is 21.5 Å². The minimum absolute atomic E-state index is 0.465. The molecule has 0 unspecified atom stereocenters. The third-order valence-electron chi connectivity index (χ3n) is 3.20. The number of fused-ring (bicyclic) bond motifs is 1. The van der Waals surface area contributed by atoms with Gasteiger partial charge in [-0.2, -0.15) is 4.98 Å². The minimum atomic E-state index is -0.552. The minimum Gasteiger partial charge on any atom is -0.444 e. The molecule has 0 spiro atoms. The number of pyridine rings is 2.